The number of β-lactam (4-membered cyclic amide) rings is 1. The van der Waals surface area contributed by atoms with Crippen molar-refractivity contribution < 1.29 is 4.79 Å². The summed E-state index contributed by atoms with van der Waals surface area (Å²) in [5, 5.41) is 0.965. The molecule has 54 valence electrons. The second-order valence-corrected chi connectivity index (χ2v) is 4.04. The summed E-state index contributed by atoms with van der Waals surface area (Å²) in [7, 11) is 0. The van der Waals surface area contributed by atoms with Gasteiger partial charge in [0.05, 0.1) is 11.8 Å². The highest BCUT2D eigenvalue weighted by Gasteiger charge is 2.43. The predicted octanol–water partition coefficient (Wildman–Crippen LogP) is 0.846. The fourth-order valence-corrected chi connectivity index (χ4v) is 2.69. The van der Waals surface area contributed by atoms with E-state index in [2.05, 4.69) is 6.58 Å². The number of carbonyl (C=O) groups excluding carboxylic acids is 1. The van der Waals surface area contributed by atoms with Crippen LogP contribution in [-0.2, 0) is 4.79 Å². The lowest BCUT2D eigenvalue weighted by Crippen LogP contribution is -2.47. The Morgan fingerprint density at radius 1 is 1.80 bits per heavy atom. The van der Waals surface area contributed by atoms with Crippen LogP contribution in [0.2, 0.25) is 0 Å². The third-order valence-electron chi connectivity index (χ3n) is 1.99. The smallest absolute Gasteiger partial charge is 0.226 e. The number of rotatable bonds is 1. The van der Waals surface area contributed by atoms with Crippen molar-refractivity contribution in [3.63, 3.8) is 0 Å². The third-order valence-corrected chi connectivity index (χ3v) is 3.42. The number of thioether (sulfide) groups is 1. The van der Waals surface area contributed by atoms with E-state index in [1.54, 1.807) is 0 Å². The van der Waals surface area contributed by atoms with Crippen LogP contribution in [0.3, 0.4) is 0 Å². The number of amides is 1. The van der Waals surface area contributed by atoms with Gasteiger partial charge in [0.25, 0.3) is 0 Å². The molecule has 0 bridgehead atoms. The Hall–Kier alpha value is -0.440. The van der Waals surface area contributed by atoms with Crippen molar-refractivity contribution in [1.82, 2.24) is 4.90 Å². The van der Waals surface area contributed by atoms with Crippen LogP contribution in [0, 0.1) is 0 Å². The topological polar surface area (TPSA) is 20.3 Å². The van der Waals surface area contributed by atoms with Gasteiger partial charge in [-0.1, -0.05) is 6.08 Å². The fourth-order valence-electron chi connectivity index (χ4n) is 1.33. The van der Waals surface area contributed by atoms with E-state index in [9.17, 15) is 4.79 Å². The van der Waals surface area contributed by atoms with Crippen LogP contribution in [0.5, 0.6) is 0 Å². The number of hydrogen-bond acceptors (Lipinski definition) is 2. The molecule has 1 unspecified atom stereocenters. The molecule has 3 heteroatoms. The average molecular weight is 155 g/mol. The van der Waals surface area contributed by atoms with Gasteiger partial charge in [0.15, 0.2) is 0 Å². The summed E-state index contributed by atoms with van der Waals surface area (Å²) in [5.74, 6) is 0.307. The first-order valence-electron chi connectivity index (χ1n) is 3.39. The first-order valence-corrected chi connectivity index (χ1v) is 4.33. The minimum absolute atomic E-state index is 0.307. The van der Waals surface area contributed by atoms with Gasteiger partial charge < -0.3 is 4.90 Å². The Balaban J connectivity index is 2.05. The molecule has 0 aliphatic carbocycles. The predicted molar refractivity (Wildman–Crippen MR) is 41.7 cm³/mol. The van der Waals surface area contributed by atoms with E-state index >= 15 is 0 Å². The van der Waals surface area contributed by atoms with Gasteiger partial charge in [-0.05, 0) is 0 Å². The molecule has 0 radical (unpaired) electrons. The quantitative estimate of drug-likeness (QED) is 0.413. The summed E-state index contributed by atoms with van der Waals surface area (Å²) >= 11 is 1.85. The van der Waals surface area contributed by atoms with Crippen LogP contribution >= 0.6 is 11.8 Å². The van der Waals surface area contributed by atoms with Crippen molar-refractivity contribution in [2.45, 2.75) is 17.0 Å². The normalized spacial score (nSPS) is 37.2. The van der Waals surface area contributed by atoms with E-state index in [1.807, 2.05) is 22.7 Å². The van der Waals surface area contributed by atoms with E-state index in [-0.39, 0.29) is 0 Å². The van der Waals surface area contributed by atoms with E-state index < -0.39 is 0 Å². The summed E-state index contributed by atoms with van der Waals surface area (Å²) < 4.78 is 0. The lowest BCUT2D eigenvalue weighted by atomic mass is 10.2. The Morgan fingerprint density at radius 2 is 2.60 bits per heavy atom. The number of fused-ring (bicyclic) bond motifs is 1. The summed E-state index contributed by atoms with van der Waals surface area (Å²) in [6, 6.07) is 0. The molecule has 2 rings (SSSR count). The molecule has 0 aromatic heterocycles. The van der Waals surface area contributed by atoms with Crippen LogP contribution in [0.4, 0.5) is 0 Å². The Bertz CT molecular complexity index is 192. The van der Waals surface area contributed by atoms with Gasteiger partial charge in [-0.25, -0.2) is 0 Å². The molecule has 0 aromatic rings. The molecule has 0 N–H and O–H groups in total. The lowest BCUT2D eigenvalue weighted by Gasteiger charge is -2.32. The zero-order valence-electron chi connectivity index (χ0n) is 5.62. The molecule has 2 heterocycles. The standard InChI is InChI=1S/C7H9NOS/c1-2-5-4-8-6(9)3-7(8)10-5/h2,5,7H,1,3-4H2/t5?,7-/m1/s1. The molecule has 0 saturated carbocycles. The van der Waals surface area contributed by atoms with Gasteiger partial charge in [-0.2, -0.15) is 0 Å². The molecule has 1 amide bonds. The van der Waals surface area contributed by atoms with Crippen molar-refractivity contribution in [1.29, 1.82) is 0 Å². The Labute approximate surface area is 64.3 Å². The van der Waals surface area contributed by atoms with Gasteiger partial charge in [-0.15, -0.1) is 18.3 Å². The molecule has 2 nitrogen and oxygen atoms in total. The summed E-state index contributed by atoms with van der Waals surface area (Å²) in [6.07, 6.45) is 2.67. The van der Waals surface area contributed by atoms with Gasteiger partial charge in [-0.3, -0.25) is 4.79 Å². The molecule has 2 aliphatic rings. The summed E-state index contributed by atoms with van der Waals surface area (Å²) in [4.78, 5) is 12.8. The summed E-state index contributed by atoms with van der Waals surface area (Å²) in [6.45, 7) is 4.59. The van der Waals surface area contributed by atoms with Crippen LogP contribution in [0.15, 0.2) is 12.7 Å². The minimum atomic E-state index is 0.307. The highest BCUT2D eigenvalue weighted by atomic mass is 32.2. The van der Waals surface area contributed by atoms with Crippen LogP contribution in [0.25, 0.3) is 0 Å². The van der Waals surface area contributed by atoms with E-state index in [0.29, 0.717) is 16.5 Å². The maximum Gasteiger partial charge on any atom is 0.226 e. The fraction of sp³-hybridized carbons (Fsp3) is 0.571. The first kappa shape index (κ1) is 6.28. The van der Waals surface area contributed by atoms with E-state index in [1.165, 1.54) is 0 Å². The Kier molecular flexibility index (Phi) is 1.27. The third kappa shape index (κ3) is 0.700. The molecule has 0 aromatic carbocycles. The molecule has 2 saturated heterocycles. The molecule has 2 fully saturated rings. The monoisotopic (exact) mass is 155 g/mol. The maximum absolute atomic E-state index is 10.9. The van der Waals surface area contributed by atoms with Crippen molar-refractivity contribution in [2.75, 3.05) is 6.54 Å². The van der Waals surface area contributed by atoms with Gasteiger partial charge in [0, 0.05) is 11.8 Å². The van der Waals surface area contributed by atoms with Crippen molar-refractivity contribution in [2.24, 2.45) is 0 Å². The van der Waals surface area contributed by atoms with Crippen molar-refractivity contribution in [3.05, 3.63) is 12.7 Å². The largest absolute Gasteiger partial charge is 0.329 e. The van der Waals surface area contributed by atoms with Crippen LogP contribution < -0.4 is 0 Å². The molecule has 2 atom stereocenters. The molecule has 10 heavy (non-hydrogen) atoms. The van der Waals surface area contributed by atoms with Gasteiger partial charge in [0.1, 0.15) is 0 Å². The molecule has 2 aliphatic heterocycles. The maximum atomic E-state index is 10.9. The van der Waals surface area contributed by atoms with E-state index in [4.69, 9.17) is 0 Å². The highest BCUT2D eigenvalue weighted by molar-refractivity contribution is 8.01. The molecule has 0 spiro atoms. The highest BCUT2D eigenvalue weighted by Crippen LogP contribution is 2.39. The minimum Gasteiger partial charge on any atom is -0.329 e. The Morgan fingerprint density at radius 3 is 3.10 bits per heavy atom. The molecular weight excluding hydrogens is 146 g/mol. The van der Waals surface area contributed by atoms with Crippen molar-refractivity contribution >= 4 is 17.7 Å². The SMILES string of the molecule is C=CC1CN2C(=O)C[C@H]2S1. The van der Waals surface area contributed by atoms with Crippen LogP contribution in [0.1, 0.15) is 6.42 Å². The zero-order chi connectivity index (χ0) is 7.14. The zero-order valence-corrected chi connectivity index (χ0v) is 6.43. The number of carbonyl (C=O) groups is 1. The second-order valence-electron chi connectivity index (χ2n) is 2.62. The number of nitrogens with zero attached hydrogens (tertiary/aromatic N) is 1. The van der Waals surface area contributed by atoms with Crippen molar-refractivity contribution in [3.8, 4) is 0 Å². The van der Waals surface area contributed by atoms with E-state index in [0.717, 1.165) is 13.0 Å². The van der Waals surface area contributed by atoms with Gasteiger partial charge >= 0.3 is 0 Å². The lowest BCUT2D eigenvalue weighted by molar-refractivity contribution is -0.140. The molecular formula is C7H9NOS. The number of hydrogen-bond donors (Lipinski definition) is 0. The summed E-state index contributed by atoms with van der Waals surface area (Å²) in [5.41, 5.74) is 0. The van der Waals surface area contributed by atoms with Crippen LogP contribution in [-0.4, -0.2) is 28.0 Å². The average Bonchev–Trinajstić information content (AvgIpc) is 2.26. The first-order chi connectivity index (χ1) is 4.81. The second kappa shape index (κ2) is 2.02. The van der Waals surface area contributed by atoms with Gasteiger partial charge in [0.2, 0.25) is 5.91 Å².